The van der Waals surface area contributed by atoms with Crippen LogP contribution in [0.5, 0.6) is 0 Å². The third kappa shape index (κ3) is 3.12. The van der Waals surface area contributed by atoms with Crippen LogP contribution in [-0.4, -0.2) is 39.7 Å². The van der Waals surface area contributed by atoms with Crippen LogP contribution in [0.2, 0.25) is 0 Å². The number of carbonyl (C=O) groups excluding carboxylic acids is 1. The highest BCUT2D eigenvalue weighted by atomic mass is 32.2. The summed E-state index contributed by atoms with van der Waals surface area (Å²) < 4.78 is 14.8. The molecule has 22 heavy (non-hydrogen) atoms. The van der Waals surface area contributed by atoms with Crippen molar-refractivity contribution < 1.29 is 9.18 Å². The zero-order valence-corrected chi connectivity index (χ0v) is 13.1. The second-order valence-corrected chi connectivity index (χ2v) is 5.19. The van der Waals surface area contributed by atoms with Gasteiger partial charge in [0, 0.05) is 12.2 Å². The number of halogens is 1. The minimum absolute atomic E-state index is 0.0124. The van der Waals surface area contributed by atoms with Crippen LogP contribution >= 0.6 is 11.8 Å². The lowest BCUT2D eigenvalue weighted by molar-refractivity contribution is 0.0775. The molecule has 1 amide bonds. The Kier molecular flexibility index (Phi) is 5.17. The van der Waals surface area contributed by atoms with Gasteiger partial charge in [-0.15, -0.1) is 0 Å². The Hall–Kier alpha value is -2.33. The number of imidazole rings is 1. The van der Waals surface area contributed by atoms with E-state index in [0.717, 1.165) is 0 Å². The molecule has 0 fully saturated rings. The number of hydrogen-bond acceptors (Lipinski definition) is 4. The average Bonchev–Trinajstić information content (AvgIpc) is 2.96. The molecule has 1 heterocycles. The van der Waals surface area contributed by atoms with Crippen molar-refractivity contribution in [2.45, 2.75) is 12.1 Å². The second kappa shape index (κ2) is 7.09. The van der Waals surface area contributed by atoms with Crippen molar-refractivity contribution in [2.24, 2.45) is 0 Å². The molecule has 0 spiro atoms. The fourth-order valence-corrected chi connectivity index (χ4v) is 2.59. The maximum Gasteiger partial charge on any atom is 0.273 e. The van der Waals surface area contributed by atoms with Crippen molar-refractivity contribution >= 4 is 17.7 Å². The van der Waals surface area contributed by atoms with Crippen molar-refractivity contribution in [3.63, 3.8) is 0 Å². The lowest BCUT2D eigenvalue weighted by Gasteiger charge is -2.18. The van der Waals surface area contributed by atoms with Crippen molar-refractivity contribution in [1.82, 2.24) is 14.5 Å². The van der Waals surface area contributed by atoms with E-state index in [2.05, 4.69) is 4.98 Å². The smallest absolute Gasteiger partial charge is 0.273 e. The molecule has 7 heteroatoms. The van der Waals surface area contributed by atoms with Crippen LogP contribution in [0.1, 0.15) is 17.4 Å². The van der Waals surface area contributed by atoms with Gasteiger partial charge in [0.1, 0.15) is 18.1 Å². The molecule has 0 saturated carbocycles. The first-order chi connectivity index (χ1) is 10.6. The van der Waals surface area contributed by atoms with Gasteiger partial charge in [0.25, 0.3) is 5.91 Å². The van der Waals surface area contributed by atoms with Crippen LogP contribution in [0.25, 0.3) is 5.69 Å². The molecule has 2 aromatic rings. The Balaban J connectivity index is 2.49. The topological polar surface area (TPSA) is 61.9 Å². The number of aromatic nitrogens is 2. The number of nitriles is 1. The summed E-state index contributed by atoms with van der Waals surface area (Å²) in [4.78, 5) is 18.3. The van der Waals surface area contributed by atoms with Crippen LogP contribution in [0, 0.1) is 17.1 Å². The number of carbonyl (C=O) groups is 1. The molecular formula is C15H15FN4OS. The standard InChI is InChI=1S/C15H15FN4OS/c1-3-19(9-8-17)14(21)13-10-18-15(22-2)20(13)12-6-4-11(16)5-7-12/h4-7,10H,3,9H2,1-2H3. The minimum Gasteiger partial charge on any atom is -0.324 e. The van der Waals surface area contributed by atoms with Gasteiger partial charge in [-0.25, -0.2) is 9.37 Å². The number of nitrogens with zero attached hydrogens (tertiary/aromatic N) is 4. The fourth-order valence-electron chi connectivity index (χ4n) is 2.04. The number of rotatable bonds is 5. The SMILES string of the molecule is CCN(CC#N)C(=O)c1cnc(SC)n1-c1ccc(F)cc1. The van der Waals surface area contributed by atoms with E-state index >= 15 is 0 Å². The Labute approximate surface area is 132 Å². The fraction of sp³-hybridized carbons (Fsp3) is 0.267. The average molecular weight is 318 g/mol. The van der Waals surface area contributed by atoms with E-state index in [4.69, 9.17) is 5.26 Å². The maximum atomic E-state index is 13.1. The van der Waals surface area contributed by atoms with E-state index < -0.39 is 0 Å². The third-order valence-electron chi connectivity index (χ3n) is 3.15. The Morgan fingerprint density at radius 1 is 1.45 bits per heavy atom. The Bertz CT molecular complexity index is 705. The molecule has 0 aliphatic carbocycles. The summed E-state index contributed by atoms with van der Waals surface area (Å²) >= 11 is 1.39. The van der Waals surface area contributed by atoms with Crippen molar-refractivity contribution in [3.8, 4) is 11.8 Å². The molecular weight excluding hydrogens is 303 g/mol. The zero-order valence-electron chi connectivity index (χ0n) is 12.3. The van der Waals surface area contributed by atoms with E-state index in [1.807, 2.05) is 19.2 Å². The Morgan fingerprint density at radius 3 is 2.68 bits per heavy atom. The summed E-state index contributed by atoms with van der Waals surface area (Å²) in [6.45, 7) is 2.25. The van der Waals surface area contributed by atoms with Gasteiger partial charge in [0.2, 0.25) is 0 Å². The lowest BCUT2D eigenvalue weighted by atomic mass is 10.3. The summed E-state index contributed by atoms with van der Waals surface area (Å²) in [6.07, 6.45) is 3.33. The summed E-state index contributed by atoms with van der Waals surface area (Å²) in [5.41, 5.74) is 1.01. The number of thioether (sulfide) groups is 1. The molecule has 0 atom stereocenters. The third-order valence-corrected chi connectivity index (χ3v) is 3.80. The molecule has 0 N–H and O–H groups in total. The van der Waals surface area contributed by atoms with E-state index in [9.17, 15) is 9.18 Å². The van der Waals surface area contributed by atoms with Crippen molar-refractivity contribution in [3.05, 3.63) is 42.0 Å². The van der Waals surface area contributed by atoms with Crippen LogP contribution in [0.4, 0.5) is 4.39 Å². The normalized spacial score (nSPS) is 10.3. The van der Waals surface area contributed by atoms with Gasteiger partial charge in [-0.2, -0.15) is 5.26 Å². The first kappa shape index (κ1) is 16.0. The maximum absolute atomic E-state index is 13.1. The highest BCUT2D eigenvalue weighted by Gasteiger charge is 2.21. The minimum atomic E-state index is -0.345. The summed E-state index contributed by atoms with van der Waals surface area (Å²) in [5, 5.41) is 9.45. The first-order valence-electron chi connectivity index (χ1n) is 6.66. The van der Waals surface area contributed by atoms with Gasteiger partial charge in [-0.05, 0) is 37.4 Å². The van der Waals surface area contributed by atoms with Crippen LogP contribution < -0.4 is 0 Å². The molecule has 0 unspecified atom stereocenters. The number of benzene rings is 1. The Morgan fingerprint density at radius 2 is 2.14 bits per heavy atom. The van der Waals surface area contributed by atoms with Crippen LogP contribution in [0.15, 0.2) is 35.6 Å². The summed E-state index contributed by atoms with van der Waals surface area (Å²) in [5.74, 6) is -0.622. The van der Waals surface area contributed by atoms with E-state index in [1.165, 1.54) is 35.0 Å². The largest absolute Gasteiger partial charge is 0.324 e. The van der Waals surface area contributed by atoms with E-state index in [-0.39, 0.29) is 18.3 Å². The zero-order chi connectivity index (χ0) is 16.1. The number of amides is 1. The summed E-state index contributed by atoms with van der Waals surface area (Å²) in [7, 11) is 0. The van der Waals surface area contributed by atoms with Gasteiger partial charge in [-0.1, -0.05) is 11.8 Å². The second-order valence-electron chi connectivity index (χ2n) is 4.42. The molecule has 5 nitrogen and oxygen atoms in total. The molecule has 0 bridgehead atoms. The van der Waals surface area contributed by atoms with E-state index in [0.29, 0.717) is 23.1 Å². The van der Waals surface area contributed by atoms with Gasteiger partial charge in [0.05, 0.1) is 12.3 Å². The quantitative estimate of drug-likeness (QED) is 0.628. The molecule has 2 rings (SSSR count). The molecule has 0 radical (unpaired) electrons. The molecule has 0 aliphatic heterocycles. The van der Waals surface area contributed by atoms with Crippen LogP contribution in [-0.2, 0) is 0 Å². The molecule has 0 aliphatic rings. The van der Waals surface area contributed by atoms with Gasteiger partial charge < -0.3 is 4.90 Å². The lowest BCUT2D eigenvalue weighted by Crippen LogP contribution is -2.32. The molecule has 114 valence electrons. The predicted octanol–water partition coefficient (Wildman–Crippen LogP) is 2.72. The van der Waals surface area contributed by atoms with Gasteiger partial charge in [-0.3, -0.25) is 9.36 Å². The van der Waals surface area contributed by atoms with Crippen LogP contribution in [0.3, 0.4) is 0 Å². The number of hydrogen-bond donors (Lipinski definition) is 0. The highest BCUT2D eigenvalue weighted by Crippen LogP contribution is 2.23. The van der Waals surface area contributed by atoms with Crippen molar-refractivity contribution in [2.75, 3.05) is 19.3 Å². The van der Waals surface area contributed by atoms with Crippen molar-refractivity contribution in [1.29, 1.82) is 5.26 Å². The van der Waals surface area contributed by atoms with Gasteiger partial charge >= 0.3 is 0 Å². The highest BCUT2D eigenvalue weighted by molar-refractivity contribution is 7.98. The predicted molar refractivity (Wildman–Crippen MR) is 82.5 cm³/mol. The molecule has 0 saturated heterocycles. The van der Waals surface area contributed by atoms with Gasteiger partial charge in [0.15, 0.2) is 5.16 Å². The molecule has 1 aromatic heterocycles. The first-order valence-corrected chi connectivity index (χ1v) is 7.88. The monoisotopic (exact) mass is 318 g/mol. The summed E-state index contributed by atoms with van der Waals surface area (Å²) in [6, 6.07) is 7.83. The molecule has 1 aromatic carbocycles. The van der Waals surface area contributed by atoms with E-state index in [1.54, 1.807) is 16.7 Å².